The molecule has 0 aromatic heterocycles. The van der Waals surface area contributed by atoms with Crippen molar-refractivity contribution < 1.29 is 22.8 Å². The highest BCUT2D eigenvalue weighted by atomic mass is 32.2. The maximum absolute atomic E-state index is 12.2. The second kappa shape index (κ2) is 5.91. The van der Waals surface area contributed by atoms with Gasteiger partial charge in [0.15, 0.2) is 4.29 Å². The molecule has 0 heterocycles. The number of hydrogen-bond donors (Lipinski definition) is 3. The summed E-state index contributed by atoms with van der Waals surface area (Å²) in [5.74, 6) is 0. The summed E-state index contributed by atoms with van der Waals surface area (Å²) in [5, 5.41) is 0. The Morgan fingerprint density at radius 2 is 1.89 bits per heavy atom. The molecule has 8 heteroatoms. The predicted molar refractivity (Wildman–Crippen MR) is 68.1 cm³/mol. The third-order valence-electron chi connectivity index (χ3n) is 2.41. The van der Waals surface area contributed by atoms with Crippen LogP contribution in [0.4, 0.5) is 0 Å². The van der Waals surface area contributed by atoms with E-state index in [9.17, 15) is 8.42 Å². The first-order valence-corrected chi connectivity index (χ1v) is 8.73. The molecule has 1 aromatic carbocycles. The Hall–Kier alpha value is -0.773. The third kappa shape index (κ3) is 4.48. The van der Waals surface area contributed by atoms with Gasteiger partial charge in [-0.2, -0.15) is 0 Å². The van der Waals surface area contributed by atoms with Crippen molar-refractivity contribution in [2.24, 2.45) is 0 Å². The molecule has 0 atom stereocenters. The number of rotatable bonds is 9. The molecular formula is C10H17NO5SSi. The molecule has 102 valence electrons. The van der Waals surface area contributed by atoms with Crippen molar-refractivity contribution >= 4 is 18.8 Å². The molecule has 1 aromatic rings. The lowest BCUT2D eigenvalue weighted by Gasteiger charge is -2.18. The molecule has 0 radical (unpaired) electrons. The predicted octanol–water partition coefficient (Wildman–Crippen LogP) is -0.387. The topological polar surface area (TPSA) is 98.1 Å². The van der Waals surface area contributed by atoms with Gasteiger partial charge in [0.25, 0.3) is 0 Å². The summed E-state index contributed by atoms with van der Waals surface area (Å²) in [5.41, 5.74) is 0. The summed E-state index contributed by atoms with van der Waals surface area (Å²) in [6.45, 7) is 0.127. The lowest BCUT2D eigenvalue weighted by atomic mass is 10.4. The van der Waals surface area contributed by atoms with Crippen LogP contribution in [0.1, 0.15) is 6.42 Å². The first-order valence-electron chi connectivity index (χ1n) is 6.58. The van der Waals surface area contributed by atoms with Crippen LogP contribution in [0.2, 0.25) is 6.04 Å². The number of benzene rings is 1. The molecule has 0 bridgehead atoms. The van der Waals surface area contributed by atoms with Gasteiger partial charge in [-0.05, 0) is 18.6 Å². The van der Waals surface area contributed by atoms with E-state index in [1.807, 2.05) is 0 Å². The van der Waals surface area contributed by atoms with E-state index in [4.69, 9.17) is 4.29 Å². The average Bonchev–Trinajstić information content (AvgIpc) is 2.52. The number of nitrogens with zero attached hydrogens (tertiary/aromatic N) is 1. The second-order valence-electron chi connectivity index (χ2n) is 3.93. The van der Waals surface area contributed by atoms with E-state index in [-0.39, 0.29) is 23.9 Å². The Morgan fingerprint density at radius 3 is 2.44 bits per heavy atom. The highest BCUT2D eigenvalue weighted by Gasteiger charge is 2.27. The smallest absolute Gasteiger partial charge is 0.390 e. The first-order chi connectivity index (χ1) is 9.91. The lowest BCUT2D eigenvalue weighted by molar-refractivity contribution is 0.225. The molecule has 0 aliphatic rings. The molecule has 0 unspecified atom stereocenters. The van der Waals surface area contributed by atoms with Crippen molar-refractivity contribution in [3.8, 4) is 0 Å². The molecule has 0 spiro atoms. The van der Waals surface area contributed by atoms with E-state index in [1.54, 1.807) is 18.2 Å². The van der Waals surface area contributed by atoms with Crippen molar-refractivity contribution in [1.29, 1.82) is 4.29 Å². The number of sulfonamides is 1. The van der Waals surface area contributed by atoms with Gasteiger partial charge in [-0.25, -0.2) is 12.7 Å². The summed E-state index contributed by atoms with van der Waals surface area (Å²) in [4.78, 5) is 12.8. The molecule has 6 nitrogen and oxygen atoms in total. The van der Waals surface area contributed by atoms with Gasteiger partial charge < -0.3 is 14.4 Å². The minimum absolute atomic E-state index is 0.00184. The standard InChI is InChI=1S/C10H17NO5SSi/c1-11(8-5-9-18(14,15)16)17(12,13)10-6-3-2-4-7-10/h2-4,6-7,14-16H,5,8-9H2,1H3/i14T,15T,16T. The molecule has 0 saturated heterocycles. The average molecular weight is 297 g/mol. The molecule has 0 saturated carbocycles. The summed E-state index contributed by atoms with van der Waals surface area (Å²) in [7, 11) is -5.81. The van der Waals surface area contributed by atoms with E-state index in [2.05, 4.69) is 14.4 Å². The molecule has 0 amide bonds. The zero-order valence-electron chi connectivity index (χ0n) is 12.9. The van der Waals surface area contributed by atoms with Crippen LogP contribution in [-0.2, 0) is 10.0 Å². The Kier molecular flexibility index (Phi) is 3.64. The van der Waals surface area contributed by atoms with Crippen molar-refractivity contribution in [3.63, 3.8) is 0 Å². The molecule has 3 N–H and O–H groups in total. The van der Waals surface area contributed by atoms with Crippen LogP contribution in [0.3, 0.4) is 0 Å². The third-order valence-corrected chi connectivity index (χ3v) is 5.24. The van der Waals surface area contributed by atoms with Crippen LogP contribution in [-0.4, -0.2) is 53.8 Å². The minimum Gasteiger partial charge on any atom is -0.390 e. The van der Waals surface area contributed by atoms with Crippen molar-refractivity contribution in [2.45, 2.75) is 17.4 Å². The highest BCUT2D eigenvalue weighted by molar-refractivity contribution is 7.89. The van der Waals surface area contributed by atoms with E-state index < -0.39 is 18.8 Å². The van der Waals surface area contributed by atoms with E-state index in [0.29, 0.717) is 0 Å². The van der Waals surface area contributed by atoms with Gasteiger partial charge in [-0.1, -0.05) is 18.2 Å². The quantitative estimate of drug-likeness (QED) is 0.539. The lowest BCUT2D eigenvalue weighted by Crippen LogP contribution is -2.36. The van der Waals surface area contributed by atoms with Gasteiger partial charge >= 0.3 is 8.80 Å². The van der Waals surface area contributed by atoms with Crippen LogP contribution < -0.4 is 0 Å². The summed E-state index contributed by atoms with van der Waals surface area (Å²) in [6, 6.07) is 7.98. The molecule has 1 rings (SSSR count). The van der Waals surface area contributed by atoms with Gasteiger partial charge in [0.05, 0.1) is 4.90 Å². The second-order valence-corrected chi connectivity index (χ2v) is 7.84. The maximum Gasteiger partial charge on any atom is 0.492 e. The fourth-order valence-corrected chi connectivity index (χ4v) is 3.23. The van der Waals surface area contributed by atoms with Gasteiger partial charge in [0.2, 0.25) is 10.0 Å². The van der Waals surface area contributed by atoms with Crippen molar-refractivity contribution in [2.75, 3.05) is 13.6 Å². The maximum atomic E-state index is 12.2. The monoisotopic (exact) mass is 297 g/mol. The normalized spacial score (nSPS) is 15.1. The molecule has 0 fully saturated rings. The SMILES string of the molecule is [3H]O[Si](CCCN(C)S(=O)(=O)c1ccccc1)(O[3H])O[3H]. The Morgan fingerprint density at radius 1 is 1.28 bits per heavy atom. The van der Waals surface area contributed by atoms with Gasteiger partial charge in [0.1, 0.15) is 0 Å². The fraction of sp³-hybridized carbons (Fsp3) is 0.400. The van der Waals surface area contributed by atoms with Crippen LogP contribution in [0, 0.1) is 0 Å². The Balaban J connectivity index is 2.64. The summed E-state index contributed by atoms with van der Waals surface area (Å²) < 4.78 is 46.0. The van der Waals surface area contributed by atoms with Gasteiger partial charge in [0, 0.05) is 19.6 Å². The van der Waals surface area contributed by atoms with Crippen LogP contribution in [0.5, 0.6) is 0 Å². The first kappa shape index (κ1) is 11.1. The molecule has 18 heavy (non-hydrogen) atoms. The molecule has 0 aliphatic carbocycles. The zero-order valence-corrected chi connectivity index (χ0v) is 11.7. The fourth-order valence-electron chi connectivity index (χ4n) is 1.41. The van der Waals surface area contributed by atoms with Gasteiger partial charge in [-0.15, -0.1) is 0 Å². The van der Waals surface area contributed by atoms with E-state index >= 15 is 0 Å². The molecule has 0 aliphatic heterocycles. The largest absolute Gasteiger partial charge is 0.492 e. The van der Waals surface area contributed by atoms with Crippen molar-refractivity contribution in [3.05, 3.63) is 30.3 Å². The molecular weight excluding hydrogens is 274 g/mol. The van der Waals surface area contributed by atoms with Crippen molar-refractivity contribution in [1.82, 2.24) is 4.31 Å². The van der Waals surface area contributed by atoms with Crippen LogP contribution in [0.25, 0.3) is 0 Å². The van der Waals surface area contributed by atoms with E-state index in [0.717, 1.165) is 4.31 Å². The van der Waals surface area contributed by atoms with Gasteiger partial charge in [-0.3, -0.25) is 0 Å². The van der Waals surface area contributed by atoms with Crippen LogP contribution >= 0.6 is 0 Å². The minimum atomic E-state index is -3.64. The zero-order chi connectivity index (χ0) is 15.9. The van der Waals surface area contributed by atoms with E-state index in [1.165, 1.54) is 19.2 Å². The highest BCUT2D eigenvalue weighted by Crippen LogP contribution is 2.14. The van der Waals surface area contributed by atoms with Crippen LogP contribution in [0.15, 0.2) is 35.2 Å². The Labute approximate surface area is 112 Å². The Bertz CT molecular complexity index is 520. The summed E-state index contributed by atoms with van der Waals surface area (Å²) >= 11 is 0. The summed E-state index contributed by atoms with van der Waals surface area (Å²) in [6.07, 6.45) is 0.241. The number of hydrogen-bond acceptors (Lipinski definition) is 5.